The number of benzene rings is 2. The maximum Gasteiger partial charge on any atom is 0.534 e. The molecule has 1 aliphatic carbocycles. The highest BCUT2D eigenvalue weighted by Gasteiger charge is 2.50. The second-order valence-electron chi connectivity index (χ2n) is 8.94. The standard InChI is InChI=1S/C24H28F3NO3S/c1-18-22-11-6-13-23(18,14-16-28(22)15-12-19-7-3-2-4-8-19)20-9-5-10-21(17-20)31-32(29,30)24(25,26)27/h2-5,7-10,17-18,22H,6,11-16H2,1H3/t18-,22?,23?/m0/s1. The Hall–Kier alpha value is -2.06. The molecule has 0 spiro atoms. The maximum absolute atomic E-state index is 12.8. The van der Waals surface area contributed by atoms with Crippen LogP contribution in [0, 0.1) is 5.92 Å². The quantitative estimate of drug-likeness (QED) is 0.428. The third kappa shape index (κ3) is 4.39. The highest BCUT2D eigenvalue weighted by atomic mass is 32.2. The summed E-state index contributed by atoms with van der Waals surface area (Å²) in [7, 11) is -5.69. The molecule has 1 saturated carbocycles. The van der Waals surface area contributed by atoms with Crippen LogP contribution < -0.4 is 4.18 Å². The molecule has 0 amide bonds. The van der Waals surface area contributed by atoms with Crippen molar-refractivity contribution in [2.24, 2.45) is 5.92 Å². The number of piperidine rings is 1. The summed E-state index contributed by atoms with van der Waals surface area (Å²) in [6, 6.07) is 17.0. The van der Waals surface area contributed by atoms with Crippen molar-refractivity contribution in [3.63, 3.8) is 0 Å². The summed E-state index contributed by atoms with van der Waals surface area (Å²) in [6.45, 7) is 4.11. The van der Waals surface area contributed by atoms with Gasteiger partial charge < -0.3 is 4.18 Å². The first-order chi connectivity index (χ1) is 15.1. The Morgan fingerprint density at radius 2 is 1.84 bits per heavy atom. The van der Waals surface area contributed by atoms with Crippen molar-refractivity contribution < 1.29 is 25.8 Å². The number of halogens is 3. The van der Waals surface area contributed by atoms with Gasteiger partial charge in [0, 0.05) is 18.0 Å². The normalized spacial score (nSPS) is 26.6. The fraction of sp³-hybridized carbons (Fsp3) is 0.500. The van der Waals surface area contributed by atoms with E-state index in [1.165, 1.54) is 17.7 Å². The SMILES string of the molecule is C[C@H]1C2CCCC1(c1cccc(OS(=O)(=O)C(F)(F)F)c1)CCN2CCc1ccccc1. The topological polar surface area (TPSA) is 46.6 Å². The minimum atomic E-state index is -5.69. The summed E-state index contributed by atoms with van der Waals surface area (Å²) in [6.07, 6.45) is 4.93. The van der Waals surface area contributed by atoms with Gasteiger partial charge in [0.1, 0.15) is 5.75 Å². The van der Waals surface area contributed by atoms with Gasteiger partial charge >= 0.3 is 15.6 Å². The molecule has 1 aliphatic heterocycles. The summed E-state index contributed by atoms with van der Waals surface area (Å²) in [5, 5.41) is 0. The molecule has 2 bridgehead atoms. The fourth-order valence-electron chi connectivity index (χ4n) is 5.61. The van der Waals surface area contributed by atoms with Crippen molar-refractivity contribution in [1.82, 2.24) is 4.90 Å². The van der Waals surface area contributed by atoms with Gasteiger partial charge in [0.15, 0.2) is 0 Å². The third-order valence-corrected chi connectivity index (χ3v) is 8.29. The molecule has 2 unspecified atom stereocenters. The number of rotatable bonds is 6. The van der Waals surface area contributed by atoms with Crippen molar-refractivity contribution in [3.05, 3.63) is 65.7 Å². The molecule has 3 atom stereocenters. The van der Waals surface area contributed by atoms with E-state index in [0.717, 1.165) is 50.8 Å². The molecule has 1 heterocycles. The molecule has 174 valence electrons. The van der Waals surface area contributed by atoms with Crippen LogP contribution in [-0.2, 0) is 22.0 Å². The molecule has 1 saturated heterocycles. The van der Waals surface area contributed by atoms with Crippen LogP contribution in [0.15, 0.2) is 54.6 Å². The first-order valence-corrected chi connectivity index (χ1v) is 12.4. The van der Waals surface area contributed by atoms with Gasteiger partial charge in [-0.1, -0.05) is 55.8 Å². The van der Waals surface area contributed by atoms with Gasteiger partial charge in [0.2, 0.25) is 0 Å². The van der Waals surface area contributed by atoms with E-state index in [1.807, 2.05) is 24.3 Å². The minimum Gasteiger partial charge on any atom is -0.376 e. The lowest BCUT2D eigenvalue weighted by Crippen LogP contribution is -2.58. The highest BCUT2D eigenvalue weighted by molar-refractivity contribution is 7.88. The smallest absolute Gasteiger partial charge is 0.376 e. The van der Waals surface area contributed by atoms with Crippen LogP contribution >= 0.6 is 0 Å². The van der Waals surface area contributed by atoms with E-state index in [0.29, 0.717) is 12.0 Å². The lowest BCUT2D eigenvalue weighted by Gasteiger charge is -2.56. The van der Waals surface area contributed by atoms with Crippen molar-refractivity contribution in [1.29, 1.82) is 0 Å². The number of hydrogen-bond donors (Lipinski definition) is 0. The number of alkyl halides is 3. The van der Waals surface area contributed by atoms with Crippen molar-refractivity contribution in [2.75, 3.05) is 13.1 Å². The average Bonchev–Trinajstić information content (AvgIpc) is 2.73. The van der Waals surface area contributed by atoms with Crippen LogP contribution in [0.25, 0.3) is 0 Å². The molecule has 4 rings (SSSR count). The summed E-state index contributed by atoms with van der Waals surface area (Å²) in [4.78, 5) is 2.55. The maximum atomic E-state index is 12.8. The van der Waals surface area contributed by atoms with Gasteiger partial charge in [-0.15, -0.1) is 0 Å². The van der Waals surface area contributed by atoms with E-state index in [4.69, 9.17) is 0 Å². The van der Waals surface area contributed by atoms with Gasteiger partial charge in [-0.2, -0.15) is 21.6 Å². The lowest BCUT2D eigenvalue weighted by atomic mass is 9.57. The monoisotopic (exact) mass is 467 g/mol. The predicted octanol–water partition coefficient (Wildman–Crippen LogP) is 5.29. The van der Waals surface area contributed by atoms with Crippen LogP contribution in [0.1, 0.15) is 43.7 Å². The summed E-state index contributed by atoms with van der Waals surface area (Å²) in [5.74, 6) is 0.0188. The number of hydrogen-bond acceptors (Lipinski definition) is 4. The lowest BCUT2D eigenvalue weighted by molar-refractivity contribution is -0.0500. The van der Waals surface area contributed by atoms with Gasteiger partial charge in [0.05, 0.1) is 0 Å². The van der Waals surface area contributed by atoms with E-state index >= 15 is 0 Å². The Morgan fingerprint density at radius 3 is 2.56 bits per heavy atom. The zero-order valence-electron chi connectivity index (χ0n) is 18.0. The Morgan fingerprint density at radius 1 is 1.09 bits per heavy atom. The van der Waals surface area contributed by atoms with Crippen LogP contribution in [0.4, 0.5) is 13.2 Å². The number of nitrogens with zero attached hydrogens (tertiary/aromatic N) is 1. The minimum absolute atomic E-state index is 0.187. The predicted molar refractivity (Wildman–Crippen MR) is 117 cm³/mol. The molecule has 2 aromatic rings. The second kappa shape index (κ2) is 8.71. The molecule has 4 nitrogen and oxygen atoms in total. The molecular formula is C24H28F3NO3S. The Bertz CT molecular complexity index is 1040. The molecule has 2 aromatic carbocycles. The highest BCUT2D eigenvalue weighted by Crippen LogP contribution is 2.51. The first kappa shape index (κ1) is 23.1. The molecule has 32 heavy (non-hydrogen) atoms. The largest absolute Gasteiger partial charge is 0.534 e. The molecule has 2 fully saturated rings. The first-order valence-electron chi connectivity index (χ1n) is 11.0. The molecule has 0 radical (unpaired) electrons. The fourth-order valence-corrected chi connectivity index (χ4v) is 6.06. The van der Waals surface area contributed by atoms with Crippen LogP contribution in [0.5, 0.6) is 5.75 Å². The summed E-state index contributed by atoms with van der Waals surface area (Å²) in [5.41, 5.74) is -3.46. The Kier molecular flexibility index (Phi) is 6.29. The molecular weight excluding hydrogens is 439 g/mol. The van der Waals surface area contributed by atoms with Crippen molar-refractivity contribution >= 4 is 10.1 Å². The van der Waals surface area contributed by atoms with Crippen molar-refractivity contribution in [3.8, 4) is 5.75 Å². The van der Waals surface area contributed by atoms with Gasteiger partial charge in [-0.05, 0) is 61.4 Å². The van der Waals surface area contributed by atoms with Crippen LogP contribution in [0.3, 0.4) is 0 Å². The van der Waals surface area contributed by atoms with Crippen LogP contribution in [-0.4, -0.2) is 38.0 Å². The third-order valence-electron chi connectivity index (χ3n) is 7.31. The van der Waals surface area contributed by atoms with Gasteiger partial charge in [0.25, 0.3) is 0 Å². The number of likely N-dealkylation sites (tertiary alicyclic amines) is 1. The van der Waals surface area contributed by atoms with Crippen molar-refractivity contribution in [2.45, 2.75) is 56.0 Å². The van der Waals surface area contributed by atoms with Gasteiger partial charge in [-0.25, -0.2) is 0 Å². The van der Waals surface area contributed by atoms with E-state index in [-0.39, 0.29) is 11.2 Å². The Labute approximate surface area is 187 Å². The van der Waals surface area contributed by atoms with Crippen LogP contribution in [0.2, 0.25) is 0 Å². The second-order valence-corrected chi connectivity index (χ2v) is 10.5. The summed E-state index contributed by atoms with van der Waals surface area (Å²) >= 11 is 0. The molecule has 0 N–H and O–H groups in total. The molecule has 0 aromatic heterocycles. The summed E-state index contributed by atoms with van der Waals surface area (Å²) < 4.78 is 65.6. The van der Waals surface area contributed by atoms with E-state index in [1.54, 1.807) is 6.07 Å². The zero-order chi connectivity index (χ0) is 23.0. The van der Waals surface area contributed by atoms with E-state index < -0.39 is 15.6 Å². The van der Waals surface area contributed by atoms with E-state index in [2.05, 4.69) is 28.1 Å². The average molecular weight is 468 g/mol. The Balaban J connectivity index is 1.53. The van der Waals surface area contributed by atoms with E-state index in [9.17, 15) is 21.6 Å². The molecule has 8 heteroatoms. The number of fused-ring (bicyclic) bond motifs is 2. The van der Waals surface area contributed by atoms with Gasteiger partial charge in [-0.3, -0.25) is 4.90 Å². The molecule has 2 aliphatic rings. The zero-order valence-corrected chi connectivity index (χ0v) is 18.8.